The van der Waals surface area contributed by atoms with E-state index >= 15 is 0 Å². The maximum Gasteiger partial charge on any atom is 0.323 e. The lowest BCUT2D eigenvalue weighted by Crippen LogP contribution is -2.31. The molecule has 7 heteroatoms. The largest absolute Gasteiger partial charge is 0.488 e. The molecular formula is C12H14Br2ClNO3. The Labute approximate surface area is 134 Å². The fourth-order valence-corrected chi connectivity index (χ4v) is 3.01. The minimum atomic E-state index is -0.269. The number of benzene rings is 1. The normalized spacial score (nSPS) is 21.6. The Balaban J connectivity index is 0.00000180. The third-order valence-electron chi connectivity index (χ3n) is 2.76. The number of nitrogens with one attached hydrogen (secondary N) is 1. The molecule has 1 aliphatic heterocycles. The molecule has 4 nitrogen and oxygen atoms in total. The Morgan fingerprint density at radius 3 is 2.79 bits per heavy atom. The van der Waals surface area contributed by atoms with E-state index in [9.17, 15) is 4.79 Å². The van der Waals surface area contributed by atoms with E-state index in [1.807, 2.05) is 18.2 Å². The molecule has 106 valence electrons. The monoisotopic (exact) mass is 413 g/mol. The molecule has 0 amide bonds. The van der Waals surface area contributed by atoms with Crippen molar-refractivity contribution < 1.29 is 14.3 Å². The topological polar surface area (TPSA) is 47.6 Å². The standard InChI is InChI=1S/C12H13Br2NO3.ClH/c1-17-12(16)10-5-8(6-15-10)18-11-3-2-7(13)4-9(11)14;/h2-4,8,10,15H,5-6H2,1H3;1H/t8-,10-;/m0./s1. The van der Waals surface area contributed by atoms with Gasteiger partial charge in [-0.15, -0.1) is 12.4 Å². The summed E-state index contributed by atoms with van der Waals surface area (Å²) in [5, 5.41) is 3.08. The summed E-state index contributed by atoms with van der Waals surface area (Å²) < 4.78 is 12.4. The van der Waals surface area contributed by atoms with Gasteiger partial charge in [0.25, 0.3) is 0 Å². The number of halogens is 3. The lowest BCUT2D eigenvalue weighted by Gasteiger charge is -2.14. The SMILES string of the molecule is COC(=O)[C@@H]1C[C@H](Oc2ccc(Br)cc2Br)CN1.Cl. The lowest BCUT2D eigenvalue weighted by atomic mass is 10.2. The second kappa shape index (κ2) is 7.47. The number of hydrogen-bond donors (Lipinski definition) is 1. The number of carbonyl (C=O) groups excluding carboxylic acids is 1. The second-order valence-corrected chi connectivity index (χ2v) is 5.80. The van der Waals surface area contributed by atoms with E-state index in [4.69, 9.17) is 9.47 Å². The molecule has 0 aromatic heterocycles. The first-order chi connectivity index (χ1) is 8.60. The molecule has 1 N–H and O–H groups in total. The molecule has 0 spiro atoms. The van der Waals surface area contributed by atoms with Gasteiger partial charge in [-0.25, -0.2) is 0 Å². The zero-order chi connectivity index (χ0) is 13.1. The first-order valence-electron chi connectivity index (χ1n) is 5.53. The van der Waals surface area contributed by atoms with E-state index in [1.54, 1.807) is 0 Å². The van der Waals surface area contributed by atoms with Gasteiger partial charge in [-0.3, -0.25) is 4.79 Å². The zero-order valence-corrected chi connectivity index (χ0v) is 14.2. The molecule has 2 atom stereocenters. The number of esters is 1. The van der Waals surface area contributed by atoms with E-state index in [0.29, 0.717) is 13.0 Å². The highest BCUT2D eigenvalue weighted by Gasteiger charge is 2.31. The molecule has 0 aliphatic carbocycles. The summed E-state index contributed by atoms with van der Waals surface area (Å²) in [6.07, 6.45) is 0.599. The summed E-state index contributed by atoms with van der Waals surface area (Å²) in [6, 6.07) is 5.46. The van der Waals surface area contributed by atoms with Gasteiger partial charge in [0.2, 0.25) is 0 Å². The molecule has 1 aromatic rings. The smallest absolute Gasteiger partial charge is 0.323 e. The van der Waals surface area contributed by atoms with Crippen molar-refractivity contribution in [3.8, 4) is 5.75 Å². The van der Waals surface area contributed by atoms with Gasteiger partial charge in [-0.1, -0.05) is 15.9 Å². The Morgan fingerprint density at radius 2 is 2.16 bits per heavy atom. The van der Waals surface area contributed by atoms with E-state index in [-0.39, 0.29) is 30.5 Å². The summed E-state index contributed by atoms with van der Waals surface area (Å²) in [5.41, 5.74) is 0. The molecule has 0 bridgehead atoms. The molecule has 1 aliphatic rings. The quantitative estimate of drug-likeness (QED) is 0.772. The van der Waals surface area contributed by atoms with Crippen molar-refractivity contribution in [1.82, 2.24) is 5.32 Å². The van der Waals surface area contributed by atoms with E-state index < -0.39 is 0 Å². The number of hydrogen-bond acceptors (Lipinski definition) is 4. The van der Waals surface area contributed by atoms with Crippen LogP contribution in [-0.4, -0.2) is 31.8 Å². The predicted octanol–water partition coefficient (Wildman–Crippen LogP) is 2.92. The Kier molecular flexibility index (Phi) is 6.59. The molecule has 19 heavy (non-hydrogen) atoms. The maximum atomic E-state index is 11.4. The summed E-state index contributed by atoms with van der Waals surface area (Å²) in [4.78, 5) is 11.4. The van der Waals surface area contributed by atoms with Crippen LogP contribution in [-0.2, 0) is 9.53 Å². The van der Waals surface area contributed by atoms with E-state index in [0.717, 1.165) is 14.7 Å². The van der Waals surface area contributed by atoms with Crippen molar-refractivity contribution in [1.29, 1.82) is 0 Å². The van der Waals surface area contributed by atoms with Gasteiger partial charge in [0.15, 0.2) is 0 Å². The first kappa shape index (κ1) is 16.8. The fraction of sp³-hybridized carbons (Fsp3) is 0.417. The predicted molar refractivity (Wildman–Crippen MR) is 81.9 cm³/mol. The summed E-state index contributed by atoms with van der Waals surface area (Å²) in [5.74, 6) is 0.534. The van der Waals surface area contributed by atoms with Crippen molar-refractivity contribution in [2.75, 3.05) is 13.7 Å². The van der Waals surface area contributed by atoms with Crippen LogP contribution in [0.3, 0.4) is 0 Å². The van der Waals surface area contributed by atoms with Crippen LogP contribution in [0.4, 0.5) is 0 Å². The molecule has 1 saturated heterocycles. The van der Waals surface area contributed by atoms with Gasteiger partial charge < -0.3 is 14.8 Å². The third kappa shape index (κ3) is 4.34. The molecule has 1 aromatic carbocycles. The highest BCUT2D eigenvalue weighted by molar-refractivity contribution is 9.11. The van der Waals surface area contributed by atoms with Gasteiger partial charge in [0, 0.05) is 17.4 Å². The fourth-order valence-electron chi connectivity index (χ4n) is 1.87. The third-order valence-corrected chi connectivity index (χ3v) is 3.88. The molecule has 2 rings (SSSR count). The minimum Gasteiger partial charge on any atom is -0.488 e. The van der Waals surface area contributed by atoms with Gasteiger partial charge in [-0.05, 0) is 34.1 Å². The number of methoxy groups -OCH3 is 1. The van der Waals surface area contributed by atoms with Crippen molar-refractivity contribution in [3.63, 3.8) is 0 Å². The molecule has 0 radical (unpaired) electrons. The maximum absolute atomic E-state index is 11.4. The Bertz CT molecular complexity index is 459. The highest BCUT2D eigenvalue weighted by Crippen LogP contribution is 2.30. The van der Waals surface area contributed by atoms with Crippen LogP contribution >= 0.6 is 44.3 Å². The van der Waals surface area contributed by atoms with Crippen LogP contribution in [0.25, 0.3) is 0 Å². The van der Waals surface area contributed by atoms with Gasteiger partial charge >= 0.3 is 5.97 Å². The van der Waals surface area contributed by atoms with Crippen molar-refractivity contribution in [2.45, 2.75) is 18.6 Å². The van der Waals surface area contributed by atoms with Crippen molar-refractivity contribution in [3.05, 3.63) is 27.1 Å². The summed E-state index contributed by atoms with van der Waals surface area (Å²) in [7, 11) is 1.39. The van der Waals surface area contributed by atoms with Crippen LogP contribution < -0.4 is 10.1 Å². The lowest BCUT2D eigenvalue weighted by molar-refractivity contribution is -0.142. The second-order valence-electron chi connectivity index (χ2n) is 4.03. The average molecular weight is 416 g/mol. The number of carbonyl (C=O) groups is 1. The average Bonchev–Trinajstić information content (AvgIpc) is 2.80. The van der Waals surface area contributed by atoms with Crippen LogP contribution in [0.15, 0.2) is 27.1 Å². The van der Waals surface area contributed by atoms with Crippen molar-refractivity contribution >= 4 is 50.2 Å². The first-order valence-corrected chi connectivity index (χ1v) is 7.11. The molecular weight excluding hydrogens is 401 g/mol. The van der Waals surface area contributed by atoms with Gasteiger partial charge in [0.05, 0.1) is 11.6 Å². The number of rotatable bonds is 3. The zero-order valence-electron chi connectivity index (χ0n) is 10.2. The summed E-state index contributed by atoms with van der Waals surface area (Å²) >= 11 is 6.83. The van der Waals surface area contributed by atoms with Crippen LogP contribution in [0.5, 0.6) is 5.75 Å². The van der Waals surface area contributed by atoms with Crippen molar-refractivity contribution in [2.24, 2.45) is 0 Å². The van der Waals surface area contributed by atoms with Crippen LogP contribution in [0.2, 0.25) is 0 Å². The van der Waals surface area contributed by atoms with Crippen LogP contribution in [0, 0.1) is 0 Å². The van der Waals surface area contributed by atoms with E-state index in [1.165, 1.54) is 7.11 Å². The molecule has 1 heterocycles. The number of ether oxygens (including phenoxy) is 2. The van der Waals surface area contributed by atoms with E-state index in [2.05, 4.69) is 37.2 Å². The van der Waals surface area contributed by atoms with Crippen LogP contribution in [0.1, 0.15) is 6.42 Å². The Hall–Kier alpha value is -0.300. The van der Waals surface area contributed by atoms with Gasteiger partial charge in [0.1, 0.15) is 17.9 Å². The molecule has 1 fully saturated rings. The molecule has 0 unspecified atom stereocenters. The molecule has 0 saturated carbocycles. The highest BCUT2D eigenvalue weighted by atomic mass is 79.9. The van der Waals surface area contributed by atoms with Gasteiger partial charge in [-0.2, -0.15) is 0 Å². The minimum absolute atomic E-state index is 0. The summed E-state index contributed by atoms with van der Waals surface area (Å²) in [6.45, 7) is 0.641. The Morgan fingerprint density at radius 1 is 1.42 bits per heavy atom.